The molecule has 27 heavy (non-hydrogen) atoms. The molecular formula is C23H30ClNO2. The van der Waals surface area contributed by atoms with Crippen molar-refractivity contribution in [3.8, 4) is 0 Å². The van der Waals surface area contributed by atoms with Crippen LogP contribution in [0.15, 0.2) is 60.7 Å². The van der Waals surface area contributed by atoms with Crippen molar-refractivity contribution in [2.24, 2.45) is 0 Å². The highest BCUT2D eigenvalue weighted by Crippen LogP contribution is 2.37. The first-order chi connectivity index (χ1) is 12.7. The number of hydrogen-bond donors (Lipinski definition) is 0. The van der Waals surface area contributed by atoms with Gasteiger partial charge in [-0.2, -0.15) is 0 Å². The summed E-state index contributed by atoms with van der Waals surface area (Å²) in [6, 6.07) is 20.1. The number of likely N-dealkylation sites (tertiary alicyclic amines) is 1. The molecule has 0 radical (unpaired) electrons. The maximum absolute atomic E-state index is 12.7. The lowest BCUT2D eigenvalue weighted by atomic mass is 9.84. The molecule has 1 aliphatic rings. The molecule has 1 aliphatic heterocycles. The molecule has 0 aliphatic carbocycles. The van der Waals surface area contributed by atoms with Gasteiger partial charge in [-0.05, 0) is 24.1 Å². The van der Waals surface area contributed by atoms with Crippen molar-refractivity contribution in [1.82, 2.24) is 4.90 Å². The lowest BCUT2D eigenvalue weighted by Crippen LogP contribution is -2.45. The van der Waals surface area contributed by atoms with E-state index in [2.05, 4.69) is 24.0 Å². The van der Waals surface area contributed by atoms with Gasteiger partial charge in [-0.3, -0.25) is 4.79 Å². The second-order valence-electron chi connectivity index (χ2n) is 7.19. The lowest BCUT2D eigenvalue weighted by molar-refractivity contribution is -0.166. The zero-order valence-electron chi connectivity index (χ0n) is 16.1. The number of nitrogens with zero attached hydrogens (tertiary/aromatic N) is 1. The van der Waals surface area contributed by atoms with Crippen LogP contribution in [0.5, 0.6) is 0 Å². The number of carbonyl (C=O) groups is 1. The molecule has 1 heterocycles. The van der Waals surface area contributed by atoms with Gasteiger partial charge in [0, 0.05) is 25.9 Å². The predicted molar refractivity (Wildman–Crippen MR) is 112 cm³/mol. The fraction of sp³-hybridized carbons (Fsp3) is 0.435. The maximum atomic E-state index is 12.7. The molecule has 146 valence electrons. The number of hydrogen-bond acceptors (Lipinski definition) is 3. The van der Waals surface area contributed by atoms with Crippen molar-refractivity contribution in [1.29, 1.82) is 0 Å². The summed E-state index contributed by atoms with van der Waals surface area (Å²) in [6.07, 6.45) is 4.50. The largest absolute Gasteiger partial charge is 0.454 e. The van der Waals surface area contributed by atoms with Crippen molar-refractivity contribution >= 4 is 18.4 Å². The summed E-state index contributed by atoms with van der Waals surface area (Å²) in [5, 5.41) is 0. The normalized spacial score (nSPS) is 16.3. The van der Waals surface area contributed by atoms with Crippen LogP contribution in [-0.4, -0.2) is 30.5 Å². The first-order valence-corrected chi connectivity index (χ1v) is 9.75. The number of carbonyl (C=O) groups excluding carboxylic acids is 1. The molecule has 0 spiro atoms. The summed E-state index contributed by atoms with van der Waals surface area (Å²) < 4.78 is 6.16. The number of ether oxygens (including phenoxy) is 1. The van der Waals surface area contributed by atoms with E-state index in [1.807, 2.05) is 48.5 Å². The topological polar surface area (TPSA) is 29.5 Å². The van der Waals surface area contributed by atoms with Crippen LogP contribution in [0.3, 0.4) is 0 Å². The number of halogens is 1. The molecule has 0 bridgehead atoms. The number of benzene rings is 2. The summed E-state index contributed by atoms with van der Waals surface area (Å²) in [6.45, 7) is 5.32. The zero-order valence-corrected chi connectivity index (χ0v) is 16.9. The molecule has 0 unspecified atom stereocenters. The molecule has 0 atom stereocenters. The maximum Gasteiger partial charge on any atom is 0.311 e. The Morgan fingerprint density at radius 3 is 2.19 bits per heavy atom. The molecule has 2 aromatic rings. The minimum Gasteiger partial charge on any atom is -0.454 e. The molecule has 0 amide bonds. The van der Waals surface area contributed by atoms with Crippen LogP contribution >= 0.6 is 12.4 Å². The molecule has 2 aromatic carbocycles. The molecule has 3 nitrogen and oxygen atoms in total. The zero-order chi connectivity index (χ0) is 18.2. The van der Waals surface area contributed by atoms with E-state index in [9.17, 15) is 4.79 Å². The van der Waals surface area contributed by atoms with E-state index in [1.165, 1.54) is 12.8 Å². The Bertz CT molecular complexity index is 682. The Hall–Kier alpha value is -1.84. The van der Waals surface area contributed by atoms with Crippen molar-refractivity contribution in [2.75, 3.05) is 19.6 Å². The monoisotopic (exact) mass is 387 g/mol. The number of piperidine rings is 1. The van der Waals surface area contributed by atoms with Crippen LogP contribution in [-0.2, 0) is 21.6 Å². The second kappa shape index (κ2) is 10.5. The predicted octanol–water partition coefficient (Wildman–Crippen LogP) is 4.99. The van der Waals surface area contributed by atoms with Crippen LogP contribution in [0.2, 0.25) is 0 Å². The van der Waals surface area contributed by atoms with E-state index in [0.717, 1.165) is 43.6 Å². The van der Waals surface area contributed by atoms with Gasteiger partial charge in [-0.1, -0.05) is 74.0 Å². The average molecular weight is 388 g/mol. The highest BCUT2D eigenvalue weighted by Gasteiger charge is 2.39. The Morgan fingerprint density at radius 1 is 1.00 bits per heavy atom. The van der Waals surface area contributed by atoms with Gasteiger partial charge in [0.05, 0.1) is 6.42 Å². The fourth-order valence-electron chi connectivity index (χ4n) is 3.73. The molecule has 0 aromatic heterocycles. The summed E-state index contributed by atoms with van der Waals surface area (Å²) in [5.41, 5.74) is 1.63. The molecule has 4 heteroatoms. The Kier molecular flexibility index (Phi) is 8.33. The van der Waals surface area contributed by atoms with Gasteiger partial charge in [-0.25, -0.2) is 0 Å². The van der Waals surface area contributed by atoms with Crippen LogP contribution in [0, 0.1) is 0 Å². The third-order valence-corrected chi connectivity index (χ3v) is 5.29. The smallest absolute Gasteiger partial charge is 0.311 e. The van der Waals surface area contributed by atoms with E-state index in [1.54, 1.807) is 0 Å². The highest BCUT2D eigenvalue weighted by molar-refractivity contribution is 5.85. The van der Waals surface area contributed by atoms with Gasteiger partial charge in [-0.15, -0.1) is 12.4 Å². The van der Waals surface area contributed by atoms with Gasteiger partial charge >= 0.3 is 5.97 Å². The van der Waals surface area contributed by atoms with Crippen molar-refractivity contribution < 1.29 is 9.53 Å². The molecule has 3 rings (SSSR count). The summed E-state index contributed by atoms with van der Waals surface area (Å²) in [5.74, 6) is -0.137. The number of unbranched alkanes of at least 4 members (excludes halogenated alkanes) is 1. The lowest BCUT2D eigenvalue weighted by Gasteiger charge is -2.41. The molecule has 1 fully saturated rings. The van der Waals surface area contributed by atoms with Crippen LogP contribution in [0.4, 0.5) is 0 Å². The molecule has 0 saturated carbocycles. The Morgan fingerprint density at radius 2 is 1.59 bits per heavy atom. The number of rotatable bonds is 7. The minimum atomic E-state index is -0.490. The third kappa shape index (κ3) is 5.82. The van der Waals surface area contributed by atoms with Crippen molar-refractivity contribution in [2.45, 2.75) is 44.6 Å². The van der Waals surface area contributed by atoms with E-state index >= 15 is 0 Å². The quantitative estimate of drug-likeness (QED) is 0.627. The van der Waals surface area contributed by atoms with Crippen LogP contribution < -0.4 is 0 Å². The van der Waals surface area contributed by atoms with Crippen molar-refractivity contribution in [3.05, 3.63) is 71.8 Å². The fourth-order valence-corrected chi connectivity index (χ4v) is 3.73. The second-order valence-corrected chi connectivity index (χ2v) is 7.19. The minimum absolute atomic E-state index is 0. The van der Waals surface area contributed by atoms with E-state index in [0.29, 0.717) is 6.42 Å². The van der Waals surface area contributed by atoms with E-state index in [-0.39, 0.29) is 18.4 Å². The molecule has 0 N–H and O–H groups in total. The van der Waals surface area contributed by atoms with Crippen LogP contribution in [0.25, 0.3) is 0 Å². The summed E-state index contributed by atoms with van der Waals surface area (Å²) in [7, 11) is 0. The standard InChI is InChI=1S/C23H29NO2.ClH/c1-2-3-16-24-17-14-23(15-18-24,21-12-8-5-9-13-21)26-22(25)19-20-10-6-4-7-11-20;/h4-13H,2-3,14-19H2,1H3;1H. The Labute approximate surface area is 169 Å². The first-order valence-electron chi connectivity index (χ1n) is 9.75. The van der Waals surface area contributed by atoms with E-state index in [4.69, 9.17) is 4.74 Å². The van der Waals surface area contributed by atoms with Crippen molar-refractivity contribution in [3.63, 3.8) is 0 Å². The summed E-state index contributed by atoms with van der Waals surface area (Å²) >= 11 is 0. The highest BCUT2D eigenvalue weighted by atomic mass is 35.5. The summed E-state index contributed by atoms with van der Waals surface area (Å²) in [4.78, 5) is 15.2. The third-order valence-electron chi connectivity index (χ3n) is 5.29. The Balaban J connectivity index is 0.00000261. The van der Waals surface area contributed by atoms with Gasteiger partial charge in [0.1, 0.15) is 5.60 Å². The average Bonchev–Trinajstić information content (AvgIpc) is 2.69. The number of esters is 1. The van der Waals surface area contributed by atoms with E-state index < -0.39 is 5.60 Å². The van der Waals surface area contributed by atoms with Crippen LogP contribution in [0.1, 0.15) is 43.7 Å². The van der Waals surface area contributed by atoms with Gasteiger partial charge in [0.25, 0.3) is 0 Å². The molecular weight excluding hydrogens is 358 g/mol. The first kappa shape index (κ1) is 21.5. The van der Waals surface area contributed by atoms with Gasteiger partial charge in [0.2, 0.25) is 0 Å². The van der Waals surface area contributed by atoms with Gasteiger partial charge in [0.15, 0.2) is 0 Å². The SMILES string of the molecule is CCCCN1CCC(OC(=O)Cc2ccccc2)(c2ccccc2)CC1.Cl. The van der Waals surface area contributed by atoms with Gasteiger partial charge < -0.3 is 9.64 Å². The molecule has 1 saturated heterocycles.